The van der Waals surface area contributed by atoms with Gasteiger partial charge in [0.25, 0.3) is 0 Å². The van der Waals surface area contributed by atoms with Gasteiger partial charge in [0.15, 0.2) is 0 Å². The maximum absolute atomic E-state index is 11.9. The second-order valence-corrected chi connectivity index (χ2v) is 4.24. The Morgan fingerprint density at radius 3 is 2.62 bits per heavy atom. The summed E-state index contributed by atoms with van der Waals surface area (Å²) in [6, 6.07) is 4.72. The maximum Gasteiger partial charge on any atom is 0.471 e. The lowest BCUT2D eigenvalue weighted by Gasteiger charge is -2.09. The molecule has 1 aromatic rings. The fourth-order valence-electron chi connectivity index (χ4n) is 0.955. The lowest BCUT2D eigenvalue weighted by atomic mass is 10.2. The first-order valence-corrected chi connectivity index (χ1v) is 5.27. The van der Waals surface area contributed by atoms with Crippen LogP contribution in [0.2, 0.25) is 5.02 Å². The monoisotopic (exact) mass is 315 g/mol. The van der Waals surface area contributed by atoms with Crippen LogP contribution in [0, 0.1) is 0 Å². The van der Waals surface area contributed by atoms with Crippen molar-refractivity contribution < 1.29 is 18.0 Å². The molecule has 0 aliphatic carbocycles. The smallest absolute Gasteiger partial charge is 0.344 e. The highest BCUT2D eigenvalue weighted by Crippen LogP contribution is 2.21. The molecule has 0 unspecified atom stereocenters. The van der Waals surface area contributed by atoms with Gasteiger partial charge in [-0.15, -0.1) is 0 Å². The number of hydrogen-bond acceptors (Lipinski definition) is 1. The predicted molar refractivity (Wildman–Crippen MR) is 57.1 cm³/mol. The molecule has 1 aromatic carbocycles. The molecule has 0 saturated heterocycles. The Morgan fingerprint density at radius 1 is 1.44 bits per heavy atom. The number of benzene rings is 1. The number of alkyl halides is 3. The van der Waals surface area contributed by atoms with E-state index in [-0.39, 0.29) is 6.54 Å². The van der Waals surface area contributed by atoms with Gasteiger partial charge in [-0.1, -0.05) is 27.5 Å². The number of amides is 1. The first kappa shape index (κ1) is 13.3. The molecular formula is C9H6BrClF3NO. The molecular weight excluding hydrogens is 310 g/mol. The molecule has 1 amide bonds. The fraction of sp³-hybridized carbons (Fsp3) is 0.222. The van der Waals surface area contributed by atoms with Crippen molar-refractivity contribution in [2.24, 2.45) is 0 Å². The van der Waals surface area contributed by atoms with E-state index in [9.17, 15) is 18.0 Å². The first-order valence-electron chi connectivity index (χ1n) is 4.09. The largest absolute Gasteiger partial charge is 0.471 e. The van der Waals surface area contributed by atoms with Crippen molar-refractivity contribution in [1.29, 1.82) is 0 Å². The van der Waals surface area contributed by atoms with E-state index >= 15 is 0 Å². The minimum atomic E-state index is -4.88. The van der Waals surface area contributed by atoms with E-state index in [2.05, 4.69) is 15.9 Å². The Labute approximate surface area is 103 Å². The number of carbonyl (C=O) groups is 1. The Balaban J connectivity index is 2.68. The number of rotatable bonds is 2. The molecule has 0 bridgehead atoms. The van der Waals surface area contributed by atoms with Crippen LogP contribution in [0.1, 0.15) is 5.56 Å². The minimum absolute atomic E-state index is 0.267. The third-order valence-electron chi connectivity index (χ3n) is 1.70. The average Bonchev–Trinajstić information content (AvgIpc) is 2.17. The van der Waals surface area contributed by atoms with E-state index < -0.39 is 12.1 Å². The molecule has 0 fully saturated rings. The lowest BCUT2D eigenvalue weighted by Crippen LogP contribution is -2.36. The van der Waals surface area contributed by atoms with Crippen LogP contribution >= 0.6 is 27.5 Å². The highest BCUT2D eigenvalue weighted by molar-refractivity contribution is 9.10. The molecule has 16 heavy (non-hydrogen) atoms. The van der Waals surface area contributed by atoms with Crippen molar-refractivity contribution in [3.8, 4) is 0 Å². The zero-order chi connectivity index (χ0) is 12.3. The molecule has 0 heterocycles. The highest BCUT2D eigenvalue weighted by atomic mass is 79.9. The summed E-state index contributed by atoms with van der Waals surface area (Å²) in [6.07, 6.45) is -4.88. The second-order valence-electron chi connectivity index (χ2n) is 2.92. The predicted octanol–water partition coefficient (Wildman–Crippen LogP) is 3.28. The van der Waals surface area contributed by atoms with Gasteiger partial charge >= 0.3 is 12.1 Å². The summed E-state index contributed by atoms with van der Waals surface area (Å²) < 4.78 is 36.3. The molecule has 1 rings (SSSR count). The van der Waals surface area contributed by atoms with Gasteiger partial charge in [-0.05, 0) is 23.8 Å². The summed E-state index contributed by atoms with van der Waals surface area (Å²) in [5, 5.41) is 2.03. The van der Waals surface area contributed by atoms with Crippen molar-refractivity contribution in [2.45, 2.75) is 12.7 Å². The molecule has 0 aliphatic heterocycles. The first-order chi connectivity index (χ1) is 7.30. The van der Waals surface area contributed by atoms with Gasteiger partial charge in [0.05, 0.1) is 0 Å². The van der Waals surface area contributed by atoms with Crippen LogP contribution < -0.4 is 5.32 Å². The molecule has 0 aliphatic rings. The summed E-state index contributed by atoms with van der Waals surface area (Å²) in [7, 11) is 0. The zero-order valence-electron chi connectivity index (χ0n) is 7.74. The molecule has 0 spiro atoms. The molecule has 7 heteroatoms. The Hall–Kier alpha value is -0.750. The number of nitrogens with one attached hydrogen (secondary N) is 1. The molecule has 0 aromatic heterocycles. The molecule has 0 radical (unpaired) electrons. The van der Waals surface area contributed by atoms with E-state index in [1.165, 1.54) is 6.07 Å². The Bertz CT molecular complexity index is 408. The normalized spacial score (nSPS) is 11.3. The van der Waals surface area contributed by atoms with Crippen molar-refractivity contribution >= 4 is 33.4 Å². The van der Waals surface area contributed by atoms with Crippen molar-refractivity contribution in [3.63, 3.8) is 0 Å². The molecule has 1 N–H and O–H groups in total. The van der Waals surface area contributed by atoms with E-state index in [0.717, 1.165) is 0 Å². The quantitative estimate of drug-likeness (QED) is 0.891. The van der Waals surface area contributed by atoms with Crippen molar-refractivity contribution in [1.82, 2.24) is 5.32 Å². The van der Waals surface area contributed by atoms with E-state index in [1.807, 2.05) is 0 Å². The number of hydrogen-bond donors (Lipinski definition) is 1. The van der Waals surface area contributed by atoms with Crippen molar-refractivity contribution in [3.05, 3.63) is 33.3 Å². The molecule has 88 valence electrons. The van der Waals surface area contributed by atoms with Crippen LogP contribution in [-0.4, -0.2) is 12.1 Å². The zero-order valence-corrected chi connectivity index (χ0v) is 10.1. The van der Waals surface area contributed by atoms with Gasteiger partial charge < -0.3 is 5.32 Å². The summed E-state index contributed by atoms with van der Waals surface area (Å²) >= 11 is 8.89. The third-order valence-corrected chi connectivity index (χ3v) is 2.57. The van der Waals surface area contributed by atoms with Gasteiger partial charge in [0, 0.05) is 16.0 Å². The fourth-order valence-corrected chi connectivity index (χ4v) is 1.55. The SMILES string of the molecule is O=C(NCc1cc(Br)ccc1Cl)C(F)(F)F. The summed E-state index contributed by atoms with van der Waals surface area (Å²) in [6.45, 7) is -0.267. The summed E-state index contributed by atoms with van der Waals surface area (Å²) in [5.41, 5.74) is 0.411. The summed E-state index contributed by atoms with van der Waals surface area (Å²) in [5.74, 6) is -1.98. The van der Waals surface area contributed by atoms with E-state index in [1.54, 1.807) is 17.4 Å². The van der Waals surface area contributed by atoms with Crippen LogP contribution in [0.25, 0.3) is 0 Å². The minimum Gasteiger partial charge on any atom is -0.344 e. The lowest BCUT2D eigenvalue weighted by molar-refractivity contribution is -0.173. The second kappa shape index (κ2) is 5.05. The van der Waals surface area contributed by atoms with Crippen LogP contribution in [0.5, 0.6) is 0 Å². The summed E-state index contributed by atoms with van der Waals surface area (Å²) in [4.78, 5) is 10.5. The van der Waals surface area contributed by atoms with Gasteiger partial charge in [0.1, 0.15) is 0 Å². The molecule has 0 saturated carbocycles. The van der Waals surface area contributed by atoms with E-state index in [0.29, 0.717) is 15.1 Å². The molecule has 0 atom stereocenters. The van der Waals surface area contributed by atoms with Gasteiger partial charge in [-0.25, -0.2) is 0 Å². The van der Waals surface area contributed by atoms with Crippen LogP contribution in [0.15, 0.2) is 22.7 Å². The number of carbonyl (C=O) groups excluding carboxylic acids is 1. The van der Waals surface area contributed by atoms with Gasteiger partial charge in [-0.2, -0.15) is 13.2 Å². The third kappa shape index (κ3) is 3.68. The van der Waals surface area contributed by atoms with Crippen LogP contribution in [0.3, 0.4) is 0 Å². The number of halogens is 5. The van der Waals surface area contributed by atoms with Crippen LogP contribution in [-0.2, 0) is 11.3 Å². The van der Waals surface area contributed by atoms with Gasteiger partial charge in [-0.3, -0.25) is 4.79 Å². The Kier molecular flexibility index (Phi) is 4.21. The Morgan fingerprint density at radius 2 is 2.06 bits per heavy atom. The topological polar surface area (TPSA) is 29.1 Å². The highest BCUT2D eigenvalue weighted by Gasteiger charge is 2.38. The molecule has 2 nitrogen and oxygen atoms in total. The maximum atomic E-state index is 11.9. The van der Waals surface area contributed by atoms with E-state index in [4.69, 9.17) is 11.6 Å². The van der Waals surface area contributed by atoms with Gasteiger partial charge in [0.2, 0.25) is 0 Å². The standard InChI is InChI=1S/C9H6BrClF3NO/c10-6-1-2-7(11)5(3-6)4-15-8(16)9(12,13)14/h1-3H,4H2,(H,15,16). The van der Waals surface area contributed by atoms with Crippen molar-refractivity contribution in [2.75, 3.05) is 0 Å². The average molecular weight is 317 g/mol. The van der Waals surface area contributed by atoms with Crippen LogP contribution in [0.4, 0.5) is 13.2 Å².